The number of phenols is 1. The van der Waals surface area contributed by atoms with Crippen molar-refractivity contribution in [3.05, 3.63) is 23.8 Å². The molecule has 0 saturated carbocycles. The van der Waals surface area contributed by atoms with Crippen molar-refractivity contribution in [1.29, 1.82) is 0 Å². The number of para-hydroxylation sites is 1. The molecule has 0 spiro atoms. The van der Waals surface area contributed by atoms with Crippen LogP contribution >= 0.6 is 0 Å². The van der Waals surface area contributed by atoms with Gasteiger partial charge in [-0.3, -0.25) is 0 Å². The highest BCUT2D eigenvalue weighted by molar-refractivity contribution is 5.65. The summed E-state index contributed by atoms with van der Waals surface area (Å²) in [4.78, 5) is 0. The van der Waals surface area contributed by atoms with Crippen LogP contribution in [0.25, 0.3) is 0 Å². The Labute approximate surface area is 78.4 Å². The smallest absolute Gasteiger partial charge is 0.408 e. The molecule has 0 bridgehead atoms. The lowest BCUT2D eigenvalue weighted by Gasteiger charge is -2.14. The van der Waals surface area contributed by atoms with Crippen LogP contribution in [0.4, 0.5) is 18.9 Å². The van der Waals surface area contributed by atoms with Crippen LogP contribution in [0, 0.1) is 0 Å². The number of hydrogen-bond acceptors (Lipinski definition) is 2. The van der Waals surface area contributed by atoms with Gasteiger partial charge in [-0.25, -0.2) is 0 Å². The first kappa shape index (κ1) is 9.18. The summed E-state index contributed by atoms with van der Waals surface area (Å²) < 4.78 is 36.9. The summed E-state index contributed by atoms with van der Waals surface area (Å²) in [6, 6.07) is 2.90. The molecule has 1 atom stereocenters. The summed E-state index contributed by atoms with van der Waals surface area (Å²) in [5, 5.41) is 11.6. The second-order valence-corrected chi connectivity index (χ2v) is 3.25. The Balaban J connectivity index is 2.31. The van der Waals surface area contributed by atoms with E-state index >= 15 is 0 Å². The fourth-order valence-electron chi connectivity index (χ4n) is 1.57. The Bertz CT molecular complexity index is 362. The van der Waals surface area contributed by atoms with Gasteiger partial charge in [0.1, 0.15) is 11.8 Å². The lowest BCUT2D eigenvalue weighted by atomic mass is 10.1. The Morgan fingerprint density at radius 1 is 1.36 bits per heavy atom. The van der Waals surface area contributed by atoms with Crippen molar-refractivity contribution >= 4 is 5.69 Å². The topological polar surface area (TPSA) is 32.3 Å². The molecule has 1 aliphatic heterocycles. The van der Waals surface area contributed by atoms with Gasteiger partial charge in [-0.2, -0.15) is 13.2 Å². The van der Waals surface area contributed by atoms with Crippen molar-refractivity contribution in [1.82, 2.24) is 0 Å². The molecule has 2 rings (SSSR count). The molecular formula is C9H8F3NO. The number of aromatic hydroxyl groups is 1. The van der Waals surface area contributed by atoms with E-state index < -0.39 is 12.2 Å². The summed E-state index contributed by atoms with van der Waals surface area (Å²) in [5.74, 6) is -0.130. The maximum atomic E-state index is 12.3. The van der Waals surface area contributed by atoms with Crippen LogP contribution in [-0.4, -0.2) is 17.3 Å². The summed E-state index contributed by atoms with van der Waals surface area (Å²) in [6.45, 7) is 0. The largest absolute Gasteiger partial charge is 0.506 e. The first-order valence-corrected chi connectivity index (χ1v) is 4.12. The Hall–Kier alpha value is -1.39. The van der Waals surface area contributed by atoms with Crippen LogP contribution in [0.2, 0.25) is 0 Å². The van der Waals surface area contributed by atoms with Gasteiger partial charge in [0, 0.05) is 6.42 Å². The van der Waals surface area contributed by atoms with Crippen molar-refractivity contribution in [2.75, 3.05) is 5.32 Å². The number of alkyl halides is 3. The third-order valence-corrected chi connectivity index (χ3v) is 2.27. The molecule has 0 unspecified atom stereocenters. The maximum absolute atomic E-state index is 12.3. The van der Waals surface area contributed by atoms with Crippen molar-refractivity contribution in [3.8, 4) is 5.75 Å². The van der Waals surface area contributed by atoms with Crippen LogP contribution in [0.15, 0.2) is 18.2 Å². The molecule has 5 heteroatoms. The number of benzene rings is 1. The molecule has 1 aromatic carbocycles. The van der Waals surface area contributed by atoms with Gasteiger partial charge in [0.05, 0.1) is 5.69 Å². The second kappa shape index (κ2) is 2.80. The molecule has 76 valence electrons. The predicted molar refractivity (Wildman–Crippen MR) is 45.3 cm³/mol. The molecule has 1 aliphatic rings. The zero-order valence-corrected chi connectivity index (χ0v) is 7.10. The van der Waals surface area contributed by atoms with Gasteiger partial charge in [-0.05, 0) is 11.6 Å². The monoisotopic (exact) mass is 203 g/mol. The molecule has 0 fully saturated rings. The average molecular weight is 203 g/mol. The molecule has 2 nitrogen and oxygen atoms in total. The minimum Gasteiger partial charge on any atom is -0.506 e. The van der Waals surface area contributed by atoms with E-state index in [2.05, 4.69) is 5.32 Å². The first-order valence-electron chi connectivity index (χ1n) is 4.12. The normalized spacial score (nSPS) is 20.4. The summed E-state index contributed by atoms with van der Waals surface area (Å²) in [5.41, 5.74) is 0.710. The van der Waals surface area contributed by atoms with Crippen molar-refractivity contribution in [2.45, 2.75) is 18.6 Å². The predicted octanol–water partition coefficient (Wildman–Crippen LogP) is 2.29. The van der Waals surface area contributed by atoms with Gasteiger partial charge in [0.15, 0.2) is 0 Å². The number of anilines is 1. The molecule has 14 heavy (non-hydrogen) atoms. The molecule has 0 aliphatic carbocycles. The van der Waals surface area contributed by atoms with E-state index in [1.165, 1.54) is 12.1 Å². The van der Waals surface area contributed by atoms with Crippen LogP contribution < -0.4 is 5.32 Å². The van der Waals surface area contributed by atoms with E-state index in [0.717, 1.165) is 0 Å². The molecule has 1 aromatic rings. The second-order valence-electron chi connectivity index (χ2n) is 3.25. The number of fused-ring (bicyclic) bond motifs is 1. The van der Waals surface area contributed by atoms with E-state index in [4.69, 9.17) is 0 Å². The van der Waals surface area contributed by atoms with Crippen molar-refractivity contribution in [3.63, 3.8) is 0 Å². The molecule has 0 aromatic heterocycles. The van der Waals surface area contributed by atoms with E-state index in [9.17, 15) is 18.3 Å². The highest BCUT2D eigenvalue weighted by Gasteiger charge is 2.43. The third kappa shape index (κ3) is 1.38. The molecule has 1 heterocycles. The van der Waals surface area contributed by atoms with Gasteiger partial charge in [-0.15, -0.1) is 0 Å². The molecule has 0 saturated heterocycles. The number of nitrogens with one attached hydrogen (secondary N) is 1. The summed E-state index contributed by atoms with van der Waals surface area (Å²) in [6.07, 6.45) is -4.39. The van der Waals surface area contributed by atoms with Gasteiger partial charge in [0.25, 0.3) is 0 Å². The van der Waals surface area contributed by atoms with Gasteiger partial charge >= 0.3 is 6.18 Å². The Morgan fingerprint density at radius 3 is 2.64 bits per heavy atom. The number of halogens is 3. The van der Waals surface area contributed by atoms with Crippen LogP contribution in [0.1, 0.15) is 5.56 Å². The van der Waals surface area contributed by atoms with E-state index in [1.807, 2.05) is 0 Å². The van der Waals surface area contributed by atoms with Crippen molar-refractivity contribution < 1.29 is 18.3 Å². The van der Waals surface area contributed by atoms with Gasteiger partial charge in [-0.1, -0.05) is 12.1 Å². The van der Waals surface area contributed by atoms with E-state index in [0.29, 0.717) is 5.56 Å². The zero-order chi connectivity index (χ0) is 10.3. The van der Waals surface area contributed by atoms with Gasteiger partial charge in [0.2, 0.25) is 0 Å². The fraction of sp³-hybridized carbons (Fsp3) is 0.333. The SMILES string of the molecule is Oc1cccc2c1N[C@H](C(F)(F)F)C2. The summed E-state index contributed by atoms with van der Waals surface area (Å²) in [7, 11) is 0. The molecular weight excluding hydrogens is 195 g/mol. The van der Waals surface area contributed by atoms with Gasteiger partial charge < -0.3 is 10.4 Å². The first-order chi connectivity index (χ1) is 6.48. The lowest BCUT2D eigenvalue weighted by molar-refractivity contribution is -0.140. The fourth-order valence-corrected chi connectivity index (χ4v) is 1.57. The van der Waals surface area contributed by atoms with Crippen LogP contribution in [0.3, 0.4) is 0 Å². The zero-order valence-electron chi connectivity index (χ0n) is 7.10. The highest BCUT2D eigenvalue weighted by Crippen LogP contribution is 2.38. The highest BCUT2D eigenvalue weighted by atomic mass is 19.4. The van der Waals surface area contributed by atoms with Crippen LogP contribution in [0.5, 0.6) is 5.75 Å². The average Bonchev–Trinajstić information content (AvgIpc) is 2.48. The number of phenolic OH excluding ortho intramolecular Hbond substituents is 1. The Morgan fingerprint density at radius 2 is 2.07 bits per heavy atom. The van der Waals surface area contributed by atoms with Crippen molar-refractivity contribution in [2.24, 2.45) is 0 Å². The minimum absolute atomic E-state index is 0.118. The third-order valence-electron chi connectivity index (χ3n) is 2.27. The Kier molecular flexibility index (Phi) is 1.83. The van der Waals surface area contributed by atoms with E-state index in [1.54, 1.807) is 6.07 Å². The quantitative estimate of drug-likeness (QED) is 0.634. The standard InChI is InChI=1S/C9H8F3NO/c10-9(11,12)7-4-5-2-1-3-6(14)8(5)13-7/h1-3,7,13-14H,4H2/t7-/m0/s1. The van der Waals surface area contributed by atoms with Crippen LogP contribution in [-0.2, 0) is 6.42 Å². The molecule has 2 N–H and O–H groups in total. The lowest BCUT2D eigenvalue weighted by Crippen LogP contribution is -2.34. The van der Waals surface area contributed by atoms with E-state index in [-0.39, 0.29) is 17.9 Å². The maximum Gasteiger partial charge on any atom is 0.408 e. The molecule has 0 radical (unpaired) electrons. The summed E-state index contributed by atoms with van der Waals surface area (Å²) >= 11 is 0. The number of hydrogen-bond donors (Lipinski definition) is 2. The molecule has 0 amide bonds. The minimum atomic E-state index is -4.27. The number of rotatable bonds is 0.